The molecule has 0 radical (unpaired) electrons. The third-order valence-electron chi connectivity index (χ3n) is 4.85. The smallest absolute Gasteiger partial charge is 0.231 e. The van der Waals surface area contributed by atoms with Gasteiger partial charge in [0.05, 0.1) is 11.5 Å². The number of carbonyl (C=O) groups excluding carboxylic acids is 1. The van der Waals surface area contributed by atoms with Gasteiger partial charge < -0.3 is 28.8 Å². The fraction of sp³-hybridized carbons (Fsp3) is 0.167. The third kappa shape index (κ3) is 4.38. The fourth-order valence-electron chi connectivity index (χ4n) is 3.23. The molecule has 156 valence electrons. The summed E-state index contributed by atoms with van der Waals surface area (Å²) in [5.74, 6) is 0.462. The molecule has 1 unspecified atom stereocenters. The maximum atomic E-state index is 11.8. The number of nitriles is 1. The van der Waals surface area contributed by atoms with Crippen LogP contribution in [0.3, 0.4) is 0 Å². The van der Waals surface area contributed by atoms with Crippen molar-refractivity contribution in [2.75, 3.05) is 6.79 Å². The van der Waals surface area contributed by atoms with Gasteiger partial charge in [-0.3, -0.25) is 0 Å². The van der Waals surface area contributed by atoms with E-state index in [2.05, 4.69) is 0 Å². The first-order valence-corrected chi connectivity index (χ1v) is 9.53. The molecular weight excluding hydrogens is 398 g/mol. The summed E-state index contributed by atoms with van der Waals surface area (Å²) < 4.78 is 22.2. The largest absolute Gasteiger partial charge is 0.546 e. The van der Waals surface area contributed by atoms with Crippen LogP contribution in [-0.4, -0.2) is 12.8 Å². The van der Waals surface area contributed by atoms with Crippen molar-refractivity contribution in [3.63, 3.8) is 0 Å². The predicted octanol–water partition coefficient (Wildman–Crippen LogP) is 3.04. The maximum absolute atomic E-state index is 11.8. The highest BCUT2D eigenvalue weighted by Gasteiger charge is 2.19. The highest BCUT2D eigenvalue weighted by Crippen LogP contribution is 2.34. The first-order valence-electron chi connectivity index (χ1n) is 9.53. The summed E-state index contributed by atoms with van der Waals surface area (Å²) in [4.78, 5) is 11.8. The fourth-order valence-corrected chi connectivity index (χ4v) is 3.23. The van der Waals surface area contributed by atoms with E-state index < -0.39 is 12.1 Å². The summed E-state index contributed by atoms with van der Waals surface area (Å²) in [5.41, 5.74) is 2.25. The van der Waals surface area contributed by atoms with Crippen molar-refractivity contribution in [3.8, 4) is 29.1 Å². The average molecular weight is 416 g/mol. The molecule has 3 aromatic rings. The van der Waals surface area contributed by atoms with E-state index in [-0.39, 0.29) is 24.7 Å². The van der Waals surface area contributed by atoms with Gasteiger partial charge in [0.15, 0.2) is 17.6 Å². The van der Waals surface area contributed by atoms with Crippen LogP contribution in [-0.2, 0) is 11.4 Å². The van der Waals surface area contributed by atoms with Crippen molar-refractivity contribution in [3.05, 3.63) is 82.9 Å². The van der Waals surface area contributed by atoms with Crippen LogP contribution in [0.5, 0.6) is 23.0 Å². The molecule has 0 saturated heterocycles. The van der Waals surface area contributed by atoms with E-state index in [1.165, 1.54) is 12.1 Å². The predicted molar refractivity (Wildman–Crippen MR) is 108 cm³/mol. The number of carbonyl (C=O) groups is 1. The normalized spacial score (nSPS) is 12.6. The molecule has 3 aromatic carbocycles. The number of carboxylic acids is 1. The van der Waals surface area contributed by atoms with E-state index in [9.17, 15) is 15.2 Å². The summed E-state index contributed by atoms with van der Waals surface area (Å²) in [6, 6.07) is 19.1. The van der Waals surface area contributed by atoms with Crippen molar-refractivity contribution in [1.82, 2.24) is 0 Å². The van der Waals surface area contributed by atoms with Crippen LogP contribution in [0.2, 0.25) is 0 Å². The Hall–Kier alpha value is -4.18. The molecule has 0 aromatic heterocycles. The van der Waals surface area contributed by atoms with Gasteiger partial charge in [-0.15, -0.1) is 0 Å². The summed E-state index contributed by atoms with van der Waals surface area (Å²) in [7, 11) is 0. The van der Waals surface area contributed by atoms with Crippen LogP contribution in [0.15, 0.2) is 60.7 Å². The Labute approximate surface area is 179 Å². The summed E-state index contributed by atoms with van der Waals surface area (Å²) >= 11 is 0. The molecule has 31 heavy (non-hydrogen) atoms. The number of aliphatic carboxylic acids is 1. The minimum absolute atomic E-state index is 0.100. The van der Waals surface area contributed by atoms with Crippen molar-refractivity contribution in [1.29, 1.82) is 5.26 Å². The van der Waals surface area contributed by atoms with Gasteiger partial charge in [0, 0.05) is 11.6 Å². The lowest BCUT2D eigenvalue weighted by Crippen LogP contribution is -2.33. The molecule has 1 aliphatic heterocycles. The van der Waals surface area contributed by atoms with Gasteiger partial charge in [-0.1, -0.05) is 30.3 Å². The van der Waals surface area contributed by atoms with Crippen LogP contribution in [0, 0.1) is 18.3 Å². The molecule has 0 amide bonds. The molecule has 0 aliphatic carbocycles. The number of aryl methyl sites for hydroxylation is 1. The average Bonchev–Trinajstić information content (AvgIpc) is 3.24. The molecule has 1 heterocycles. The minimum Gasteiger partial charge on any atom is -0.546 e. The van der Waals surface area contributed by atoms with E-state index in [1.54, 1.807) is 43.3 Å². The van der Waals surface area contributed by atoms with Gasteiger partial charge in [0.2, 0.25) is 6.79 Å². The quantitative estimate of drug-likeness (QED) is 0.583. The number of hydrogen-bond donors (Lipinski definition) is 0. The zero-order valence-electron chi connectivity index (χ0n) is 16.7. The number of nitrogens with zero attached hydrogens (tertiary/aromatic N) is 1. The van der Waals surface area contributed by atoms with E-state index in [1.807, 2.05) is 18.2 Å². The molecule has 1 aliphatic rings. The van der Waals surface area contributed by atoms with Gasteiger partial charge in [0.1, 0.15) is 24.2 Å². The van der Waals surface area contributed by atoms with Crippen LogP contribution in [0.1, 0.15) is 28.4 Å². The first kappa shape index (κ1) is 20.1. The lowest BCUT2D eigenvalue weighted by Gasteiger charge is -2.23. The molecule has 0 fully saturated rings. The Morgan fingerprint density at radius 2 is 1.94 bits per heavy atom. The standard InChI is InChI=1S/C24H19NO6/c1-15-4-2-3-5-19(15)23(24(26)27)31-21-11-18(8-7-17(21)12-25)28-13-16-6-9-20-22(10-16)30-14-29-20/h2-11,23H,13-14H2,1H3,(H,26,27)/p-1. The number of rotatable bonds is 7. The van der Waals surface area contributed by atoms with Gasteiger partial charge in [0.25, 0.3) is 0 Å². The second-order valence-electron chi connectivity index (χ2n) is 6.92. The summed E-state index contributed by atoms with van der Waals surface area (Å²) in [6.07, 6.45) is -1.36. The number of carboxylic acid groups (broad SMARTS) is 1. The number of ether oxygens (including phenoxy) is 4. The second kappa shape index (κ2) is 8.67. The van der Waals surface area contributed by atoms with Crippen molar-refractivity contribution < 1.29 is 28.8 Å². The monoisotopic (exact) mass is 416 g/mol. The number of benzene rings is 3. The van der Waals surface area contributed by atoms with Gasteiger partial charge in [-0.05, 0) is 42.3 Å². The lowest BCUT2D eigenvalue weighted by atomic mass is 10.0. The molecule has 7 heteroatoms. The third-order valence-corrected chi connectivity index (χ3v) is 4.85. The van der Waals surface area contributed by atoms with E-state index >= 15 is 0 Å². The number of hydrogen-bond acceptors (Lipinski definition) is 7. The summed E-state index contributed by atoms with van der Waals surface area (Å²) in [6.45, 7) is 2.21. The Balaban J connectivity index is 1.55. The van der Waals surface area contributed by atoms with Gasteiger partial charge >= 0.3 is 0 Å². The molecule has 1 atom stereocenters. The van der Waals surface area contributed by atoms with Gasteiger partial charge in [-0.25, -0.2) is 0 Å². The SMILES string of the molecule is Cc1ccccc1C(Oc1cc(OCc2ccc3c(c2)OCO3)ccc1C#N)C(=O)[O-]. The van der Waals surface area contributed by atoms with E-state index in [4.69, 9.17) is 18.9 Å². The molecule has 0 N–H and O–H groups in total. The maximum Gasteiger partial charge on any atom is 0.231 e. The molecule has 0 bridgehead atoms. The van der Waals surface area contributed by atoms with Crippen molar-refractivity contribution >= 4 is 5.97 Å². The van der Waals surface area contributed by atoms with E-state index in [0.29, 0.717) is 22.8 Å². The first-order chi connectivity index (χ1) is 15.0. The summed E-state index contributed by atoms with van der Waals surface area (Å²) in [5, 5.41) is 21.2. The minimum atomic E-state index is -1.40. The highest BCUT2D eigenvalue weighted by molar-refractivity contribution is 5.73. The van der Waals surface area contributed by atoms with E-state index in [0.717, 1.165) is 11.1 Å². The molecule has 7 nitrogen and oxygen atoms in total. The highest BCUT2D eigenvalue weighted by atomic mass is 16.7. The lowest BCUT2D eigenvalue weighted by molar-refractivity contribution is -0.314. The molecule has 0 saturated carbocycles. The molecule has 0 spiro atoms. The van der Waals surface area contributed by atoms with Crippen LogP contribution in [0.4, 0.5) is 0 Å². The zero-order valence-corrected chi connectivity index (χ0v) is 16.7. The second-order valence-corrected chi connectivity index (χ2v) is 6.92. The number of fused-ring (bicyclic) bond motifs is 1. The van der Waals surface area contributed by atoms with Gasteiger partial charge in [-0.2, -0.15) is 5.26 Å². The van der Waals surface area contributed by atoms with Crippen molar-refractivity contribution in [2.45, 2.75) is 19.6 Å². The van der Waals surface area contributed by atoms with Crippen molar-refractivity contribution in [2.24, 2.45) is 0 Å². The Morgan fingerprint density at radius 3 is 2.71 bits per heavy atom. The molecule has 4 rings (SSSR count). The zero-order chi connectivity index (χ0) is 21.8. The Kier molecular flexibility index (Phi) is 5.63. The van der Waals surface area contributed by atoms with Crippen LogP contribution >= 0.6 is 0 Å². The molecular formula is C24H18NO6-. The van der Waals surface area contributed by atoms with Crippen LogP contribution < -0.4 is 24.1 Å². The Bertz CT molecular complexity index is 1170. The topological polar surface area (TPSA) is 101 Å². The van der Waals surface area contributed by atoms with Crippen LogP contribution in [0.25, 0.3) is 0 Å². The Morgan fingerprint density at radius 1 is 1.13 bits per heavy atom.